The fourth-order valence-electron chi connectivity index (χ4n) is 0.524. The first-order valence-corrected chi connectivity index (χ1v) is 5.02. The maximum Gasteiger partial charge on any atom is 0.149 e. The summed E-state index contributed by atoms with van der Waals surface area (Å²) in [5, 5.41) is 1.99. The summed E-state index contributed by atoms with van der Waals surface area (Å²) in [6.45, 7) is 0.776. The predicted molar refractivity (Wildman–Crippen MR) is 46.5 cm³/mol. The minimum atomic E-state index is 0.776. The third-order valence-electron chi connectivity index (χ3n) is 0.984. The Morgan fingerprint density at radius 2 is 2.60 bits per heavy atom. The van der Waals surface area contributed by atoms with Crippen molar-refractivity contribution in [1.29, 1.82) is 0 Å². The molecule has 0 unspecified atom stereocenters. The van der Waals surface area contributed by atoms with Gasteiger partial charge in [0.1, 0.15) is 4.34 Å². The molecule has 2 N–H and O–H groups in total. The Kier molecular flexibility index (Phi) is 3.79. The highest BCUT2D eigenvalue weighted by Crippen LogP contribution is 2.20. The Bertz CT molecular complexity index is 162. The molecule has 0 aliphatic heterocycles. The average Bonchev–Trinajstić information content (AvgIpc) is 2.41. The van der Waals surface area contributed by atoms with Gasteiger partial charge in [-0.3, -0.25) is 0 Å². The molecule has 0 aliphatic rings. The van der Waals surface area contributed by atoms with Crippen LogP contribution in [0.5, 0.6) is 0 Å². The van der Waals surface area contributed by atoms with Crippen molar-refractivity contribution in [3.8, 4) is 0 Å². The minimum Gasteiger partial charge on any atom is -0.330 e. The lowest BCUT2D eigenvalue weighted by molar-refractivity contribution is 0.942. The first-order valence-electron chi connectivity index (χ1n) is 3.16. The second-order valence-electron chi connectivity index (χ2n) is 1.79. The first-order chi connectivity index (χ1) is 4.93. The number of nitrogens with zero attached hydrogens (tertiary/aromatic N) is 1. The molecule has 1 aromatic rings. The molecule has 0 bridgehead atoms. The lowest BCUT2D eigenvalue weighted by Gasteiger charge is -1.92. The Morgan fingerprint density at radius 3 is 3.20 bits per heavy atom. The van der Waals surface area contributed by atoms with Crippen LogP contribution in [0.4, 0.5) is 0 Å². The summed E-state index contributed by atoms with van der Waals surface area (Å²) in [5.74, 6) is 1.09. The number of nitrogens with two attached hydrogens (primary N) is 1. The highest BCUT2D eigenvalue weighted by atomic mass is 32.2. The van der Waals surface area contributed by atoms with E-state index in [0.717, 1.165) is 23.1 Å². The summed E-state index contributed by atoms with van der Waals surface area (Å²) in [6, 6.07) is 0. The summed E-state index contributed by atoms with van der Waals surface area (Å²) < 4.78 is 1.15. The van der Waals surface area contributed by atoms with E-state index in [1.165, 1.54) is 0 Å². The monoisotopic (exact) mass is 174 g/mol. The summed E-state index contributed by atoms with van der Waals surface area (Å²) in [4.78, 5) is 4.13. The highest BCUT2D eigenvalue weighted by molar-refractivity contribution is 8.00. The van der Waals surface area contributed by atoms with E-state index in [0.29, 0.717) is 0 Å². The zero-order chi connectivity index (χ0) is 7.23. The summed E-state index contributed by atoms with van der Waals surface area (Å²) in [7, 11) is 0. The maximum atomic E-state index is 5.34. The molecule has 0 spiro atoms. The van der Waals surface area contributed by atoms with E-state index in [1.807, 2.05) is 11.6 Å². The van der Waals surface area contributed by atoms with E-state index in [1.54, 1.807) is 23.1 Å². The summed E-state index contributed by atoms with van der Waals surface area (Å²) in [6.07, 6.45) is 2.90. The number of hydrogen-bond donors (Lipinski definition) is 1. The molecule has 1 heterocycles. The van der Waals surface area contributed by atoms with Crippen molar-refractivity contribution in [2.45, 2.75) is 10.8 Å². The van der Waals surface area contributed by atoms with E-state index in [-0.39, 0.29) is 0 Å². The van der Waals surface area contributed by atoms with E-state index >= 15 is 0 Å². The maximum absolute atomic E-state index is 5.34. The number of thioether (sulfide) groups is 1. The van der Waals surface area contributed by atoms with Gasteiger partial charge in [0.25, 0.3) is 0 Å². The molecule has 0 aliphatic carbocycles. The van der Waals surface area contributed by atoms with Gasteiger partial charge >= 0.3 is 0 Å². The minimum absolute atomic E-state index is 0.776. The molecule has 10 heavy (non-hydrogen) atoms. The fourth-order valence-corrected chi connectivity index (χ4v) is 2.19. The third kappa shape index (κ3) is 2.68. The smallest absolute Gasteiger partial charge is 0.149 e. The second kappa shape index (κ2) is 4.71. The number of aromatic nitrogens is 1. The molecule has 0 saturated carbocycles. The molecule has 0 fully saturated rings. The molecule has 2 nitrogen and oxygen atoms in total. The zero-order valence-corrected chi connectivity index (χ0v) is 7.25. The van der Waals surface area contributed by atoms with E-state index < -0.39 is 0 Å². The van der Waals surface area contributed by atoms with Crippen LogP contribution in [0.2, 0.25) is 0 Å². The van der Waals surface area contributed by atoms with Crippen LogP contribution < -0.4 is 5.73 Å². The van der Waals surface area contributed by atoms with Gasteiger partial charge in [0.05, 0.1) is 0 Å². The van der Waals surface area contributed by atoms with Crippen LogP contribution in [0.15, 0.2) is 15.9 Å². The van der Waals surface area contributed by atoms with Gasteiger partial charge in [-0.05, 0) is 13.0 Å². The number of hydrogen-bond acceptors (Lipinski definition) is 4. The lowest BCUT2D eigenvalue weighted by atomic mass is 10.5. The molecule has 1 aromatic heterocycles. The van der Waals surface area contributed by atoms with Gasteiger partial charge in [0.2, 0.25) is 0 Å². The Labute approximate surface area is 68.8 Å². The van der Waals surface area contributed by atoms with Crippen molar-refractivity contribution < 1.29 is 0 Å². The van der Waals surface area contributed by atoms with Crippen LogP contribution in [0, 0.1) is 0 Å². The van der Waals surface area contributed by atoms with Crippen LogP contribution in [0.1, 0.15) is 6.42 Å². The van der Waals surface area contributed by atoms with Gasteiger partial charge in [-0.25, -0.2) is 4.98 Å². The Balaban J connectivity index is 2.15. The van der Waals surface area contributed by atoms with E-state index in [9.17, 15) is 0 Å². The van der Waals surface area contributed by atoms with Crippen molar-refractivity contribution in [2.24, 2.45) is 5.73 Å². The van der Waals surface area contributed by atoms with Gasteiger partial charge in [-0.15, -0.1) is 11.3 Å². The van der Waals surface area contributed by atoms with Crippen molar-refractivity contribution >= 4 is 23.1 Å². The third-order valence-corrected chi connectivity index (χ3v) is 3.04. The van der Waals surface area contributed by atoms with Crippen molar-refractivity contribution in [3.05, 3.63) is 11.6 Å². The molecule has 4 heteroatoms. The molecule has 0 atom stereocenters. The van der Waals surface area contributed by atoms with Crippen LogP contribution in [-0.2, 0) is 0 Å². The molecule has 0 amide bonds. The van der Waals surface area contributed by atoms with Crippen molar-refractivity contribution in [2.75, 3.05) is 12.3 Å². The Hall–Kier alpha value is -0.0600. The van der Waals surface area contributed by atoms with Crippen LogP contribution in [0.25, 0.3) is 0 Å². The highest BCUT2D eigenvalue weighted by Gasteiger charge is 1.93. The first kappa shape index (κ1) is 8.04. The van der Waals surface area contributed by atoms with Gasteiger partial charge in [-0.1, -0.05) is 11.8 Å². The Morgan fingerprint density at radius 1 is 1.70 bits per heavy atom. The van der Waals surface area contributed by atoms with Gasteiger partial charge < -0.3 is 5.73 Å². The normalized spacial score (nSPS) is 10.1. The zero-order valence-electron chi connectivity index (χ0n) is 5.62. The standard InChI is InChI=1S/C6H10N2S2/c7-2-1-4-9-6-8-3-5-10-6/h3,5H,1-2,4,7H2. The van der Waals surface area contributed by atoms with E-state index in [2.05, 4.69) is 4.98 Å². The molecular formula is C6H10N2S2. The van der Waals surface area contributed by atoms with Gasteiger partial charge in [0, 0.05) is 17.3 Å². The molecule has 56 valence electrons. The average molecular weight is 174 g/mol. The van der Waals surface area contributed by atoms with E-state index in [4.69, 9.17) is 5.73 Å². The van der Waals surface area contributed by atoms with Crippen LogP contribution in [0.3, 0.4) is 0 Å². The van der Waals surface area contributed by atoms with Gasteiger partial charge in [-0.2, -0.15) is 0 Å². The number of thiazole rings is 1. The summed E-state index contributed by atoms with van der Waals surface area (Å²) in [5.41, 5.74) is 5.34. The second-order valence-corrected chi connectivity index (χ2v) is 4.03. The lowest BCUT2D eigenvalue weighted by Crippen LogP contribution is -1.98. The SMILES string of the molecule is NCCCSc1nccs1. The molecular weight excluding hydrogens is 164 g/mol. The number of rotatable bonds is 4. The predicted octanol–water partition coefficient (Wildman–Crippen LogP) is 1.58. The van der Waals surface area contributed by atoms with Crippen molar-refractivity contribution in [3.63, 3.8) is 0 Å². The van der Waals surface area contributed by atoms with Crippen molar-refractivity contribution in [1.82, 2.24) is 4.98 Å². The quantitative estimate of drug-likeness (QED) is 0.556. The van der Waals surface area contributed by atoms with Crippen LogP contribution in [-0.4, -0.2) is 17.3 Å². The van der Waals surface area contributed by atoms with Gasteiger partial charge in [0.15, 0.2) is 0 Å². The van der Waals surface area contributed by atoms with Crippen LogP contribution >= 0.6 is 23.1 Å². The fraction of sp³-hybridized carbons (Fsp3) is 0.500. The molecule has 0 saturated heterocycles. The molecule has 1 rings (SSSR count). The largest absolute Gasteiger partial charge is 0.330 e. The summed E-state index contributed by atoms with van der Waals surface area (Å²) >= 11 is 3.46. The molecule has 0 radical (unpaired) electrons. The topological polar surface area (TPSA) is 38.9 Å². The molecule has 0 aromatic carbocycles.